The van der Waals surface area contributed by atoms with E-state index >= 15 is 0 Å². The Kier molecular flexibility index (Phi) is 5.84. The van der Waals surface area contributed by atoms with Crippen LogP contribution in [0.25, 0.3) is 21.5 Å². The first-order chi connectivity index (χ1) is 14.6. The summed E-state index contributed by atoms with van der Waals surface area (Å²) in [6.07, 6.45) is 0.895. The number of aliphatic hydroxyl groups excluding tert-OH is 3. The predicted molar refractivity (Wildman–Crippen MR) is 117 cm³/mol. The third-order valence-electron chi connectivity index (χ3n) is 6.43. The zero-order valence-electron chi connectivity index (χ0n) is 17.8. The van der Waals surface area contributed by atoms with Crippen LogP contribution in [-0.2, 0) is 32.8 Å². The summed E-state index contributed by atoms with van der Waals surface area (Å²) in [5.74, 6) is 1.24. The molecule has 0 atom stereocenters. The third kappa shape index (κ3) is 3.11. The Morgan fingerprint density at radius 3 is 2.13 bits per heavy atom. The van der Waals surface area contributed by atoms with E-state index in [0.29, 0.717) is 28.2 Å². The van der Waals surface area contributed by atoms with Gasteiger partial charge in [0.05, 0.1) is 34.0 Å². The minimum atomic E-state index is -0.222. The summed E-state index contributed by atoms with van der Waals surface area (Å²) < 4.78 is 11.1. The maximum atomic E-state index is 10.3. The van der Waals surface area contributed by atoms with Gasteiger partial charge in [0.1, 0.15) is 11.5 Å². The molecule has 3 aromatic carbocycles. The van der Waals surface area contributed by atoms with Gasteiger partial charge in [0.15, 0.2) is 0 Å². The van der Waals surface area contributed by atoms with Crippen LogP contribution in [0, 0.1) is 0 Å². The van der Waals surface area contributed by atoms with Gasteiger partial charge in [-0.15, -0.1) is 0 Å². The highest BCUT2D eigenvalue weighted by atomic mass is 16.5. The largest absolute Gasteiger partial charge is 0.496 e. The summed E-state index contributed by atoms with van der Waals surface area (Å²) >= 11 is 0. The zero-order chi connectivity index (χ0) is 21.4. The quantitative estimate of drug-likeness (QED) is 0.541. The van der Waals surface area contributed by atoms with E-state index in [9.17, 15) is 15.3 Å². The van der Waals surface area contributed by atoms with Crippen molar-refractivity contribution in [2.45, 2.75) is 39.7 Å². The molecule has 1 heterocycles. The summed E-state index contributed by atoms with van der Waals surface area (Å²) in [7, 11) is 3.20. The number of benzene rings is 3. The van der Waals surface area contributed by atoms with E-state index in [2.05, 4.69) is 11.8 Å². The standard InChI is InChI=1S/C24H29NO5/c1-4-25-6-5-15-18-9-23(30-3)20(12-27)21(13-28)24(18)17-7-14(11-26)22(29-2)8-16(17)19(15)10-25/h7-9,26-28H,4-6,10-13H2,1-3H3. The highest BCUT2D eigenvalue weighted by Gasteiger charge is 2.25. The number of hydrogen-bond acceptors (Lipinski definition) is 6. The number of rotatable bonds is 6. The number of likely N-dealkylation sites (N-methyl/N-ethyl adjacent to an activating group) is 1. The second-order valence-corrected chi connectivity index (χ2v) is 7.72. The molecule has 160 valence electrons. The highest BCUT2D eigenvalue weighted by Crippen LogP contribution is 2.43. The monoisotopic (exact) mass is 411 g/mol. The van der Waals surface area contributed by atoms with Gasteiger partial charge in [-0.25, -0.2) is 0 Å². The Hall–Kier alpha value is -2.38. The Morgan fingerprint density at radius 1 is 0.833 bits per heavy atom. The fourth-order valence-electron chi connectivity index (χ4n) is 4.86. The van der Waals surface area contributed by atoms with Crippen molar-refractivity contribution in [3.05, 3.63) is 46.0 Å². The van der Waals surface area contributed by atoms with Crippen LogP contribution in [0.1, 0.15) is 34.7 Å². The van der Waals surface area contributed by atoms with Gasteiger partial charge >= 0.3 is 0 Å². The van der Waals surface area contributed by atoms with Crippen molar-refractivity contribution in [1.29, 1.82) is 0 Å². The van der Waals surface area contributed by atoms with Crippen molar-refractivity contribution in [2.24, 2.45) is 0 Å². The first kappa shape index (κ1) is 20.9. The molecule has 6 heteroatoms. The van der Waals surface area contributed by atoms with Gasteiger partial charge in [0.25, 0.3) is 0 Å². The van der Waals surface area contributed by atoms with E-state index in [1.807, 2.05) is 18.2 Å². The molecule has 0 spiro atoms. The molecule has 6 nitrogen and oxygen atoms in total. The zero-order valence-corrected chi connectivity index (χ0v) is 17.8. The average Bonchev–Trinajstić information content (AvgIpc) is 2.81. The maximum absolute atomic E-state index is 10.3. The summed E-state index contributed by atoms with van der Waals surface area (Å²) in [6.45, 7) is 4.36. The van der Waals surface area contributed by atoms with Crippen LogP contribution in [0.5, 0.6) is 11.5 Å². The van der Waals surface area contributed by atoms with E-state index in [0.717, 1.165) is 47.6 Å². The smallest absolute Gasteiger partial charge is 0.125 e. The molecule has 0 amide bonds. The summed E-state index contributed by atoms with van der Waals surface area (Å²) in [4.78, 5) is 2.41. The lowest BCUT2D eigenvalue weighted by Crippen LogP contribution is -2.30. The van der Waals surface area contributed by atoms with Crippen molar-refractivity contribution >= 4 is 21.5 Å². The Balaban J connectivity index is 2.23. The summed E-state index contributed by atoms with van der Waals surface area (Å²) in [6, 6.07) is 5.94. The van der Waals surface area contributed by atoms with Gasteiger partial charge in [0, 0.05) is 24.2 Å². The molecule has 1 aliphatic rings. The highest BCUT2D eigenvalue weighted by molar-refractivity contribution is 6.14. The summed E-state index contributed by atoms with van der Waals surface area (Å²) in [5, 5.41) is 34.2. The Labute approximate surface area is 176 Å². The van der Waals surface area contributed by atoms with Crippen molar-refractivity contribution in [1.82, 2.24) is 4.90 Å². The molecule has 30 heavy (non-hydrogen) atoms. The van der Waals surface area contributed by atoms with Gasteiger partial charge in [-0.3, -0.25) is 4.90 Å². The molecule has 3 aromatic rings. The number of ether oxygens (including phenoxy) is 2. The minimum Gasteiger partial charge on any atom is -0.496 e. The van der Waals surface area contributed by atoms with Gasteiger partial charge in [-0.2, -0.15) is 0 Å². The molecule has 0 radical (unpaired) electrons. The molecule has 0 saturated carbocycles. The van der Waals surface area contributed by atoms with Crippen LogP contribution in [-0.4, -0.2) is 47.5 Å². The molecular formula is C24H29NO5. The number of aliphatic hydroxyl groups is 3. The molecule has 0 saturated heterocycles. The number of fused-ring (bicyclic) bond motifs is 6. The van der Waals surface area contributed by atoms with Crippen LogP contribution < -0.4 is 9.47 Å². The van der Waals surface area contributed by atoms with Crippen LogP contribution in [0.15, 0.2) is 18.2 Å². The molecule has 0 bridgehead atoms. The van der Waals surface area contributed by atoms with Crippen LogP contribution >= 0.6 is 0 Å². The molecule has 3 N–H and O–H groups in total. The van der Waals surface area contributed by atoms with Crippen LogP contribution in [0.4, 0.5) is 0 Å². The third-order valence-corrected chi connectivity index (χ3v) is 6.43. The van der Waals surface area contributed by atoms with Gasteiger partial charge in [-0.05, 0) is 69.4 Å². The minimum absolute atomic E-state index is 0.143. The first-order valence-corrected chi connectivity index (χ1v) is 10.3. The van der Waals surface area contributed by atoms with Crippen molar-refractivity contribution in [3.8, 4) is 11.5 Å². The number of methoxy groups -OCH3 is 2. The van der Waals surface area contributed by atoms with E-state index in [1.54, 1.807) is 14.2 Å². The fourth-order valence-corrected chi connectivity index (χ4v) is 4.86. The Bertz CT molecular complexity index is 1110. The van der Waals surface area contributed by atoms with E-state index in [1.165, 1.54) is 11.1 Å². The average molecular weight is 411 g/mol. The second-order valence-electron chi connectivity index (χ2n) is 7.72. The van der Waals surface area contributed by atoms with Gasteiger partial charge < -0.3 is 24.8 Å². The Morgan fingerprint density at radius 2 is 1.53 bits per heavy atom. The molecule has 0 aromatic heterocycles. The van der Waals surface area contributed by atoms with Crippen molar-refractivity contribution in [2.75, 3.05) is 27.3 Å². The topological polar surface area (TPSA) is 82.4 Å². The van der Waals surface area contributed by atoms with Crippen LogP contribution in [0.2, 0.25) is 0 Å². The SMILES string of the molecule is CCN1CCc2c(c3cc(OC)c(CO)cc3c3c(CO)c(CO)c(OC)cc23)C1. The molecule has 4 rings (SSSR count). The molecule has 0 aliphatic carbocycles. The van der Waals surface area contributed by atoms with Crippen molar-refractivity contribution in [3.63, 3.8) is 0 Å². The molecule has 0 unspecified atom stereocenters. The number of nitrogens with zero attached hydrogens (tertiary/aromatic N) is 1. The van der Waals surface area contributed by atoms with Gasteiger partial charge in [-0.1, -0.05) is 6.92 Å². The lowest BCUT2D eigenvalue weighted by molar-refractivity contribution is 0.255. The maximum Gasteiger partial charge on any atom is 0.125 e. The van der Waals surface area contributed by atoms with Gasteiger partial charge in [0.2, 0.25) is 0 Å². The number of hydrogen-bond donors (Lipinski definition) is 3. The van der Waals surface area contributed by atoms with Crippen molar-refractivity contribution < 1.29 is 24.8 Å². The lowest BCUT2D eigenvalue weighted by Gasteiger charge is -2.31. The first-order valence-electron chi connectivity index (χ1n) is 10.3. The van der Waals surface area contributed by atoms with E-state index < -0.39 is 0 Å². The molecular weight excluding hydrogens is 382 g/mol. The predicted octanol–water partition coefficient (Wildman–Crippen LogP) is 2.87. The van der Waals surface area contributed by atoms with Crippen LogP contribution in [0.3, 0.4) is 0 Å². The van der Waals surface area contributed by atoms with E-state index in [4.69, 9.17) is 9.47 Å². The normalized spacial score (nSPS) is 14.3. The second kappa shape index (κ2) is 8.40. The summed E-state index contributed by atoms with van der Waals surface area (Å²) in [5.41, 5.74) is 4.46. The molecule has 0 fully saturated rings. The van der Waals surface area contributed by atoms with E-state index in [-0.39, 0.29) is 19.8 Å². The molecule has 1 aliphatic heterocycles. The lowest BCUT2D eigenvalue weighted by atomic mass is 9.84. The fraction of sp³-hybridized carbons (Fsp3) is 0.417.